The lowest BCUT2D eigenvalue weighted by atomic mass is 10.0. The molecule has 0 heterocycles. The summed E-state index contributed by atoms with van der Waals surface area (Å²) in [5.74, 6) is -0.972. The van der Waals surface area contributed by atoms with Gasteiger partial charge in [-0.2, -0.15) is 0 Å². The molecule has 1 unspecified atom stereocenters. The van der Waals surface area contributed by atoms with Gasteiger partial charge in [0.1, 0.15) is 0 Å². The summed E-state index contributed by atoms with van der Waals surface area (Å²) in [7, 11) is 0. The summed E-state index contributed by atoms with van der Waals surface area (Å²) in [6.45, 7) is 7.88. The van der Waals surface area contributed by atoms with Crippen molar-refractivity contribution in [2.24, 2.45) is 5.92 Å². The second-order valence-corrected chi connectivity index (χ2v) is 7.51. The largest absolute Gasteiger partial charge is 0.463 e. The Hall–Kier alpha value is -1.06. The molecular formula is C22H42O4. The highest BCUT2D eigenvalue weighted by molar-refractivity contribution is 5.80. The van der Waals surface area contributed by atoms with Gasteiger partial charge in [-0.15, -0.1) is 0 Å². The van der Waals surface area contributed by atoms with Gasteiger partial charge in [-0.3, -0.25) is 4.79 Å². The lowest BCUT2D eigenvalue weighted by Crippen LogP contribution is -2.30. The van der Waals surface area contributed by atoms with Gasteiger partial charge in [0, 0.05) is 0 Å². The zero-order chi connectivity index (χ0) is 19.6. The van der Waals surface area contributed by atoms with E-state index in [0.717, 1.165) is 12.8 Å². The number of hydrogen-bond donors (Lipinski definition) is 0. The predicted octanol–water partition coefficient (Wildman–Crippen LogP) is 6.21. The number of esters is 2. The lowest BCUT2D eigenvalue weighted by molar-refractivity contribution is -0.170. The Morgan fingerprint density at radius 1 is 0.692 bits per heavy atom. The van der Waals surface area contributed by atoms with Crippen molar-refractivity contribution in [3.63, 3.8) is 0 Å². The fourth-order valence-corrected chi connectivity index (χ4v) is 2.91. The van der Waals surface area contributed by atoms with Crippen LogP contribution in [0.25, 0.3) is 0 Å². The third-order valence-electron chi connectivity index (χ3n) is 4.60. The fourth-order valence-electron chi connectivity index (χ4n) is 2.91. The molecule has 0 aliphatic carbocycles. The Morgan fingerprint density at radius 3 is 1.58 bits per heavy atom. The van der Waals surface area contributed by atoms with E-state index in [-0.39, 0.29) is 11.9 Å². The Kier molecular flexibility index (Phi) is 16.7. The predicted molar refractivity (Wildman–Crippen MR) is 107 cm³/mol. The first-order chi connectivity index (χ1) is 12.5. The minimum Gasteiger partial charge on any atom is -0.463 e. The molecule has 0 aliphatic heterocycles. The number of unbranched alkanes of at least 4 members (excludes halogenated alkanes) is 11. The van der Waals surface area contributed by atoms with Gasteiger partial charge in [-0.1, -0.05) is 91.4 Å². The quantitative estimate of drug-likeness (QED) is 0.226. The van der Waals surface area contributed by atoms with Crippen LogP contribution in [-0.4, -0.2) is 24.6 Å². The minimum absolute atomic E-state index is 0.228. The molecule has 0 amide bonds. The summed E-state index contributed by atoms with van der Waals surface area (Å²) in [5, 5.41) is 0. The van der Waals surface area contributed by atoms with E-state index in [1.54, 1.807) is 20.8 Å². The lowest BCUT2D eigenvalue weighted by Gasteiger charge is -2.17. The van der Waals surface area contributed by atoms with E-state index in [1.807, 2.05) is 0 Å². The van der Waals surface area contributed by atoms with Crippen LogP contribution in [0.3, 0.4) is 0 Å². The van der Waals surface area contributed by atoms with E-state index >= 15 is 0 Å². The van der Waals surface area contributed by atoms with Crippen LogP contribution >= 0.6 is 0 Å². The van der Waals surface area contributed by atoms with Gasteiger partial charge in [0.15, 0.2) is 6.10 Å². The Balaban J connectivity index is 3.75. The summed E-state index contributed by atoms with van der Waals surface area (Å²) < 4.78 is 10.3. The van der Waals surface area contributed by atoms with Crippen LogP contribution in [0.2, 0.25) is 0 Å². The molecule has 0 fully saturated rings. The number of rotatable bonds is 17. The SMILES string of the molecule is CCCCCCCCCCCCCCC(OC(=O)C(C)C)C(=O)OCC. The molecule has 0 rings (SSSR count). The third-order valence-corrected chi connectivity index (χ3v) is 4.60. The third kappa shape index (κ3) is 14.1. The highest BCUT2D eigenvalue weighted by atomic mass is 16.6. The van der Waals surface area contributed by atoms with Gasteiger partial charge in [-0.25, -0.2) is 4.79 Å². The summed E-state index contributed by atoms with van der Waals surface area (Å²) in [6, 6.07) is 0. The van der Waals surface area contributed by atoms with E-state index in [9.17, 15) is 9.59 Å². The van der Waals surface area contributed by atoms with Gasteiger partial charge >= 0.3 is 11.9 Å². The molecule has 26 heavy (non-hydrogen) atoms. The van der Waals surface area contributed by atoms with Crippen molar-refractivity contribution in [3.8, 4) is 0 Å². The summed E-state index contributed by atoms with van der Waals surface area (Å²) >= 11 is 0. The topological polar surface area (TPSA) is 52.6 Å². The maximum atomic E-state index is 11.9. The standard InChI is InChI=1S/C22H42O4/c1-5-7-8-9-10-11-12-13-14-15-16-17-18-20(22(24)25-6-2)26-21(23)19(3)4/h19-20H,5-18H2,1-4H3. The van der Waals surface area contributed by atoms with E-state index in [4.69, 9.17) is 9.47 Å². The van der Waals surface area contributed by atoms with Crippen molar-refractivity contribution in [2.75, 3.05) is 6.61 Å². The molecule has 0 saturated heterocycles. The smallest absolute Gasteiger partial charge is 0.347 e. The average molecular weight is 371 g/mol. The zero-order valence-electron chi connectivity index (χ0n) is 17.7. The van der Waals surface area contributed by atoms with Crippen molar-refractivity contribution < 1.29 is 19.1 Å². The molecule has 0 aromatic heterocycles. The first kappa shape index (κ1) is 24.9. The maximum absolute atomic E-state index is 11.9. The van der Waals surface area contributed by atoms with Crippen LogP contribution in [0.5, 0.6) is 0 Å². The van der Waals surface area contributed by atoms with E-state index in [2.05, 4.69) is 6.92 Å². The van der Waals surface area contributed by atoms with E-state index in [0.29, 0.717) is 13.0 Å². The molecule has 0 saturated carbocycles. The van der Waals surface area contributed by atoms with Gasteiger partial charge in [0.05, 0.1) is 12.5 Å². The summed E-state index contributed by atoms with van der Waals surface area (Å²) in [6.07, 6.45) is 15.1. The minimum atomic E-state index is -0.743. The molecule has 0 bridgehead atoms. The molecule has 0 radical (unpaired) electrons. The Labute approximate surface area is 161 Å². The zero-order valence-corrected chi connectivity index (χ0v) is 17.7. The molecule has 4 nitrogen and oxygen atoms in total. The molecule has 0 aliphatic rings. The van der Waals surface area contributed by atoms with Crippen LogP contribution < -0.4 is 0 Å². The second-order valence-electron chi connectivity index (χ2n) is 7.51. The second kappa shape index (κ2) is 17.4. The molecule has 0 N–H and O–H groups in total. The van der Waals surface area contributed by atoms with E-state index < -0.39 is 12.1 Å². The first-order valence-corrected chi connectivity index (χ1v) is 10.9. The Morgan fingerprint density at radius 2 is 1.15 bits per heavy atom. The van der Waals surface area contributed by atoms with Crippen molar-refractivity contribution >= 4 is 11.9 Å². The molecule has 154 valence electrons. The van der Waals surface area contributed by atoms with Crippen LogP contribution in [0.4, 0.5) is 0 Å². The number of ether oxygens (including phenoxy) is 2. The van der Waals surface area contributed by atoms with E-state index in [1.165, 1.54) is 64.2 Å². The van der Waals surface area contributed by atoms with Crippen molar-refractivity contribution in [1.29, 1.82) is 0 Å². The van der Waals surface area contributed by atoms with Crippen LogP contribution in [-0.2, 0) is 19.1 Å². The highest BCUT2D eigenvalue weighted by Crippen LogP contribution is 2.15. The average Bonchev–Trinajstić information content (AvgIpc) is 2.61. The van der Waals surface area contributed by atoms with Crippen molar-refractivity contribution in [3.05, 3.63) is 0 Å². The molecule has 0 aromatic rings. The van der Waals surface area contributed by atoms with Crippen LogP contribution in [0, 0.1) is 5.92 Å². The number of carbonyl (C=O) groups excluding carboxylic acids is 2. The van der Waals surface area contributed by atoms with Gasteiger partial charge in [0.25, 0.3) is 0 Å². The molecule has 0 aromatic carbocycles. The molecule has 4 heteroatoms. The van der Waals surface area contributed by atoms with Gasteiger partial charge in [-0.05, 0) is 19.8 Å². The molecule has 0 spiro atoms. The maximum Gasteiger partial charge on any atom is 0.347 e. The van der Waals surface area contributed by atoms with Crippen molar-refractivity contribution in [1.82, 2.24) is 0 Å². The van der Waals surface area contributed by atoms with Crippen molar-refractivity contribution in [2.45, 2.75) is 117 Å². The first-order valence-electron chi connectivity index (χ1n) is 10.9. The monoisotopic (exact) mass is 370 g/mol. The number of carbonyl (C=O) groups is 2. The fraction of sp³-hybridized carbons (Fsp3) is 0.909. The van der Waals surface area contributed by atoms with Gasteiger partial charge < -0.3 is 9.47 Å². The highest BCUT2D eigenvalue weighted by Gasteiger charge is 2.24. The molecular weight excluding hydrogens is 328 g/mol. The Bertz CT molecular complexity index is 352. The van der Waals surface area contributed by atoms with Gasteiger partial charge in [0.2, 0.25) is 0 Å². The normalized spacial score (nSPS) is 12.2. The van der Waals surface area contributed by atoms with Crippen LogP contribution in [0.1, 0.15) is 111 Å². The van der Waals surface area contributed by atoms with Crippen LogP contribution in [0.15, 0.2) is 0 Å². The summed E-state index contributed by atoms with van der Waals surface area (Å²) in [4.78, 5) is 23.7. The number of hydrogen-bond acceptors (Lipinski definition) is 4. The summed E-state index contributed by atoms with van der Waals surface area (Å²) in [5.41, 5.74) is 0. The molecule has 1 atom stereocenters.